The Morgan fingerprint density at radius 3 is 2.23 bits per heavy atom. The summed E-state index contributed by atoms with van der Waals surface area (Å²) in [6.45, 7) is 14.6. The van der Waals surface area contributed by atoms with E-state index in [2.05, 4.69) is 36.5 Å². The van der Waals surface area contributed by atoms with Gasteiger partial charge in [0.25, 0.3) is 5.91 Å². The van der Waals surface area contributed by atoms with E-state index in [0.717, 1.165) is 35.0 Å². The maximum Gasteiger partial charge on any atom is 0.276 e. The van der Waals surface area contributed by atoms with Crippen LogP contribution in [0.3, 0.4) is 0 Å². The summed E-state index contributed by atoms with van der Waals surface area (Å²) in [6, 6.07) is 8.66. The molecule has 6 N–H and O–H groups in total. The van der Waals surface area contributed by atoms with E-state index in [0.29, 0.717) is 83.5 Å². The standard InChI is InChI=1S/C39H43N13O4.C2H6.CH5N/c1-6-51-30(15-23(3)47-51)35-42-21-28-27-17-25(22-53)20-43-36(27)50(37(28)45-35)13-9-8-12-49-33-29(18-26(34(40)54)19-32(33)56-14-10-11-41-5)44-39(49)46-38(55)31-16-24(4)48-52(31)7-2;2*1-2/h8-9,15-22,41H,6-7,10-14H2,1-5H3,(H2,40,54)(H,44,46,55);1-2H3;2H2,1H3/b9-8+;;. The number of ether oxygens (including phenoxy) is 1. The number of aromatic nitrogens is 10. The van der Waals surface area contributed by atoms with E-state index in [9.17, 15) is 14.4 Å². The van der Waals surface area contributed by atoms with Crippen LogP contribution in [0.25, 0.3) is 44.6 Å². The Bertz CT molecular complexity index is 2650. The molecule has 0 fully saturated rings. The molecule has 0 aliphatic carbocycles. The average Bonchev–Trinajstić information content (AvgIpc) is 4.03. The Morgan fingerprint density at radius 2 is 1.55 bits per heavy atom. The lowest BCUT2D eigenvalue weighted by molar-refractivity contribution is 0.0995. The van der Waals surface area contributed by atoms with E-state index in [1.54, 1.807) is 35.1 Å². The molecule has 60 heavy (non-hydrogen) atoms. The summed E-state index contributed by atoms with van der Waals surface area (Å²) >= 11 is 0. The zero-order valence-electron chi connectivity index (χ0n) is 35.5. The zero-order chi connectivity index (χ0) is 43.5. The Hall–Kier alpha value is -6.79. The first-order valence-electron chi connectivity index (χ1n) is 20.0. The summed E-state index contributed by atoms with van der Waals surface area (Å²) in [5.41, 5.74) is 15.9. The maximum absolute atomic E-state index is 13.7. The van der Waals surface area contributed by atoms with Crippen LogP contribution in [0.5, 0.6) is 5.75 Å². The smallest absolute Gasteiger partial charge is 0.276 e. The third-order valence-corrected chi connectivity index (χ3v) is 9.35. The number of nitrogens with zero attached hydrogens (tertiary/aromatic N) is 10. The van der Waals surface area contributed by atoms with E-state index in [1.807, 2.05) is 80.6 Å². The van der Waals surface area contributed by atoms with Crippen LogP contribution in [0.2, 0.25) is 0 Å². The SMILES string of the molecule is CC.CCn1nc(C)cc1C(=O)Nc1nc2cc(C(N)=O)cc(OCCCNC)c2n1C/C=C/Cn1c2ncc(C=O)cc2c2cnc(-c3cc(C)nn3CC)nc21.CN. The number of fused-ring (bicyclic) bond motifs is 4. The largest absolute Gasteiger partial charge is 0.491 e. The first-order chi connectivity index (χ1) is 29.1. The second-order valence-corrected chi connectivity index (χ2v) is 13.3. The molecule has 7 aromatic rings. The van der Waals surface area contributed by atoms with Gasteiger partial charge in [-0.15, -0.1) is 0 Å². The van der Waals surface area contributed by atoms with Crippen LogP contribution in [0, 0.1) is 13.8 Å². The van der Waals surface area contributed by atoms with Crippen LogP contribution in [0.15, 0.2) is 54.9 Å². The molecule has 0 atom stereocenters. The van der Waals surface area contributed by atoms with Gasteiger partial charge < -0.3 is 30.7 Å². The van der Waals surface area contributed by atoms with Gasteiger partial charge in [-0.05, 0) is 85.1 Å². The molecule has 0 aliphatic heterocycles. The van der Waals surface area contributed by atoms with E-state index in [-0.39, 0.29) is 24.0 Å². The number of pyridine rings is 1. The monoisotopic (exact) mass is 818 g/mol. The molecule has 18 nitrogen and oxygen atoms in total. The highest BCUT2D eigenvalue weighted by Crippen LogP contribution is 2.32. The van der Waals surface area contributed by atoms with Gasteiger partial charge in [0.1, 0.15) is 33.9 Å². The number of benzene rings is 1. The lowest BCUT2D eigenvalue weighted by atomic mass is 10.1. The number of carbonyl (C=O) groups is 3. The fourth-order valence-corrected chi connectivity index (χ4v) is 6.76. The Labute approximate surface area is 348 Å². The number of hydrogen-bond acceptors (Lipinski definition) is 12. The van der Waals surface area contributed by atoms with Crippen LogP contribution >= 0.6 is 0 Å². The number of primary amides is 1. The highest BCUT2D eigenvalue weighted by atomic mass is 16.5. The molecule has 0 saturated heterocycles. The minimum atomic E-state index is -0.629. The number of rotatable bonds is 16. The molecule has 1 aromatic carbocycles. The number of carbonyl (C=O) groups excluding carboxylic acids is 3. The lowest BCUT2D eigenvalue weighted by Crippen LogP contribution is -2.20. The number of nitrogens with two attached hydrogens (primary N) is 2. The Balaban J connectivity index is 0.00000166. The quantitative estimate of drug-likeness (QED) is 0.0570. The van der Waals surface area contributed by atoms with Crippen LogP contribution in [0.4, 0.5) is 5.95 Å². The lowest BCUT2D eigenvalue weighted by Gasteiger charge is -2.13. The van der Waals surface area contributed by atoms with E-state index in [4.69, 9.17) is 20.4 Å². The molecule has 0 bridgehead atoms. The van der Waals surface area contributed by atoms with Crippen LogP contribution in [-0.4, -0.2) is 94.0 Å². The van der Waals surface area contributed by atoms with Gasteiger partial charge >= 0.3 is 0 Å². The summed E-state index contributed by atoms with van der Waals surface area (Å²) in [4.78, 5) is 56.9. The van der Waals surface area contributed by atoms with Crippen LogP contribution in [-0.2, 0) is 26.2 Å². The van der Waals surface area contributed by atoms with Gasteiger partial charge in [0.05, 0.1) is 23.5 Å². The summed E-state index contributed by atoms with van der Waals surface area (Å²) in [6.07, 6.45) is 8.68. The molecule has 18 heteroatoms. The Kier molecular flexibility index (Phi) is 15.0. The molecular formula is C42H54N14O4. The molecule has 0 aliphatic rings. The number of hydrogen-bond donors (Lipinski definition) is 4. The predicted octanol–water partition coefficient (Wildman–Crippen LogP) is 5.06. The molecule has 0 saturated carbocycles. The summed E-state index contributed by atoms with van der Waals surface area (Å²) in [5, 5.41) is 16.6. The second-order valence-electron chi connectivity index (χ2n) is 13.3. The van der Waals surface area contributed by atoms with Gasteiger partial charge in [-0.2, -0.15) is 10.2 Å². The van der Waals surface area contributed by atoms with Crippen molar-refractivity contribution in [2.75, 3.05) is 32.6 Å². The minimum absolute atomic E-state index is 0.231. The topological polar surface area (TPSA) is 234 Å². The fourth-order valence-electron chi connectivity index (χ4n) is 6.76. The van der Waals surface area contributed by atoms with Crippen molar-refractivity contribution < 1.29 is 19.1 Å². The van der Waals surface area contributed by atoms with Crippen molar-refractivity contribution in [2.24, 2.45) is 11.5 Å². The van der Waals surface area contributed by atoms with Crippen LogP contribution < -0.4 is 26.8 Å². The third-order valence-electron chi connectivity index (χ3n) is 9.35. The highest BCUT2D eigenvalue weighted by molar-refractivity contribution is 6.07. The van der Waals surface area contributed by atoms with Gasteiger partial charge in [-0.1, -0.05) is 26.0 Å². The average molecular weight is 819 g/mol. The van der Waals surface area contributed by atoms with Crippen molar-refractivity contribution in [2.45, 2.75) is 74.1 Å². The maximum atomic E-state index is 13.7. The van der Waals surface area contributed by atoms with Crippen molar-refractivity contribution in [1.29, 1.82) is 0 Å². The van der Waals surface area contributed by atoms with Crippen molar-refractivity contribution in [3.63, 3.8) is 0 Å². The van der Waals surface area contributed by atoms with Crippen molar-refractivity contribution in [3.8, 4) is 17.3 Å². The van der Waals surface area contributed by atoms with Crippen molar-refractivity contribution in [1.82, 2.24) is 53.9 Å². The van der Waals surface area contributed by atoms with Gasteiger partial charge in [0, 0.05) is 60.5 Å². The molecular weight excluding hydrogens is 765 g/mol. The molecule has 2 amide bonds. The first-order valence-corrected chi connectivity index (χ1v) is 20.0. The Morgan fingerprint density at radius 1 is 0.850 bits per heavy atom. The first kappa shape index (κ1) is 44.3. The van der Waals surface area contributed by atoms with E-state index in [1.165, 1.54) is 13.2 Å². The van der Waals surface area contributed by atoms with E-state index < -0.39 is 5.91 Å². The molecule has 0 radical (unpaired) electrons. The van der Waals surface area contributed by atoms with Crippen molar-refractivity contribution in [3.05, 3.63) is 83.1 Å². The van der Waals surface area contributed by atoms with Gasteiger partial charge in [0.2, 0.25) is 11.9 Å². The number of amides is 2. The van der Waals surface area contributed by atoms with Crippen molar-refractivity contribution >= 4 is 57.1 Å². The van der Waals surface area contributed by atoms with Gasteiger partial charge in [-0.25, -0.2) is 19.9 Å². The zero-order valence-corrected chi connectivity index (χ0v) is 35.5. The van der Waals surface area contributed by atoms with E-state index >= 15 is 0 Å². The molecule has 6 heterocycles. The number of aryl methyl sites for hydroxylation is 4. The number of allylic oxidation sites excluding steroid dienone is 2. The summed E-state index contributed by atoms with van der Waals surface area (Å²) in [7, 11) is 3.36. The number of anilines is 1. The molecule has 6 aromatic heterocycles. The number of imidazole rings is 1. The highest BCUT2D eigenvalue weighted by Gasteiger charge is 2.22. The summed E-state index contributed by atoms with van der Waals surface area (Å²) < 4.78 is 13.5. The normalized spacial score (nSPS) is 11.2. The minimum Gasteiger partial charge on any atom is -0.491 e. The molecule has 316 valence electrons. The fraction of sp³-hybridized carbons (Fsp3) is 0.357. The van der Waals surface area contributed by atoms with Gasteiger partial charge in [0.15, 0.2) is 12.1 Å². The molecule has 0 spiro atoms. The number of aldehydes is 1. The molecule has 0 unspecified atom stereocenters. The third kappa shape index (κ3) is 9.24. The second kappa shape index (κ2) is 20.3. The molecule has 7 rings (SSSR count). The van der Waals surface area contributed by atoms with Crippen LogP contribution in [0.1, 0.15) is 76.7 Å². The van der Waals surface area contributed by atoms with Gasteiger partial charge in [-0.3, -0.25) is 29.1 Å². The number of nitrogens with one attached hydrogen (secondary N) is 2. The summed E-state index contributed by atoms with van der Waals surface area (Å²) in [5.74, 6) is 0.159. The predicted molar refractivity (Wildman–Crippen MR) is 233 cm³/mol.